The molecule has 4 rings (SSSR count). The van der Waals surface area contributed by atoms with E-state index in [-0.39, 0.29) is 12.1 Å². The minimum absolute atomic E-state index is 0.179. The minimum atomic E-state index is -0.425. The van der Waals surface area contributed by atoms with Gasteiger partial charge in [-0.3, -0.25) is 14.2 Å². The Morgan fingerprint density at radius 2 is 2.06 bits per heavy atom. The van der Waals surface area contributed by atoms with Crippen LogP contribution < -0.4 is 15.7 Å². The standard InChI is InChI=1S/C22H17BrN4O3S/c1-30-18-8-7-14(9-17(18)23)11-25-26-20(28)12-27-13-24-21-16(22(27)29)10-19(31-21)15-5-3-2-4-6-15/h2-11,13H,12H2,1H3,(H,26,28)/b25-11-. The average Bonchev–Trinajstić information content (AvgIpc) is 3.22. The van der Waals surface area contributed by atoms with E-state index in [9.17, 15) is 9.59 Å². The second-order valence-electron chi connectivity index (χ2n) is 6.56. The number of carbonyl (C=O) groups excluding carboxylic acids is 1. The van der Waals surface area contributed by atoms with Gasteiger partial charge in [0.15, 0.2) is 0 Å². The second-order valence-corrected chi connectivity index (χ2v) is 8.45. The molecule has 0 aliphatic heterocycles. The number of ether oxygens (including phenoxy) is 1. The maximum Gasteiger partial charge on any atom is 0.262 e. The van der Waals surface area contributed by atoms with E-state index in [0.29, 0.717) is 16.0 Å². The molecule has 0 atom stereocenters. The molecule has 0 fully saturated rings. The van der Waals surface area contributed by atoms with Crippen molar-refractivity contribution in [2.24, 2.45) is 5.10 Å². The molecule has 2 aromatic heterocycles. The number of hydrogen-bond acceptors (Lipinski definition) is 6. The molecule has 0 saturated carbocycles. The molecule has 0 unspecified atom stereocenters. The van der Waals surface area contributed by atoms with Crippen LogP contribution in [0.1, 0.15) is 5.56 Å². The van der Waals surface area contributed by atoms with Gasteiger partial charge in [-0.15, -0.1) is 11.3 Å². The zero-order valence-corrected chi connectivity index (χ0v) is 18.8. The monoisotopic (exact) mass is 496 g/mol. The highest BCUT2D eigenvalue weighted by atomic mass is 79.9. The normalized spacial score (nSPS) is 11.2. The lowest BCUT2D eigenvalue weighted by atomic mass is 10.2. The maximum absolute atomic E-state index is 12.8. The number of aromatic nitrogens is 2. The molecule has 0 saturated heterocycles. The molecule has 1 amide bonds. The molecule has 0 aliphatic rings. The first-order valence-corrected chi connectivity index (χ1v) is 10.9. The zero-order valence-electron chi connectivity index (χ0n) is 16.4. The van der Waals surface area contributed by atoms with Crippen LogP contribution in [0.25, 0.3) is 20.7 Å². The largest absolute Gasteiger partial charge is 0.496 e. The highest BCUT2D eigenvalue weighted by Gasteiger charge is 2.12. The van der Waals surface area contributed by atoms with Gasteiger partial charge >= 0.3 is 0 Å². The fourth-order valence-electron chi connectivity index (χ4n) is 2.95. The maximum atomic E-state index is 12.8. The van der Waals surface area contributed by atoms with Gasteiger partial charge in [-0.2, -0.15) is 5.10 Å². The number of halogens is 1. The molecule has 7 nitrogen and oxygen atoms in total. The van der Waals surface area contributed by atoms with E-state index < -0.39 is 5.91 Å². The highest BCUT2D eigenvalue weighted by Crippen LogP contribution is 2.30. The van der Waals surface area contributed by atoms with Gasteiger partial charge in [0, 0.05) is 4.88 Å². The van der Waals surface area contributed by atoms with E-state index in [1.54, 1.807) is 13.2 Å². The van der Waals surface area contributed by atoms with E-state index in [1.807, 2.05) is 48.5 Å². The average molecular weight is 497 g/mol. The van der Waals surface area contributed by atoms with Gasteiger partial charge in [-0.1, -0.05) is 30.3 Å². The van der Waals surface area contributed by atoms with Crippen molar-refractivity contribution in [3.63, 3.8) is 0 Å². The Labute approximate surface area is 190 Å². The molecule has 156 valence electrons. The van der Waals surface area contributed by atoms with Crippen molar-refractivity contribution in [2.75, 3.05) is 7.11 Å². The zero-order chi connectivity index (χ0) is 21.8. The van der Waals surface area contributed by atoms with Gasteiger partial charge in [-0.05, 0) is 51.3 Å². The van der Waals surface area contributed by atoms with Crippen molar-refractivity contribution in [1.82, 2.24) is 15.0 Å². The number of amides is 1. The quantitative estimate of drug-likeness (QED) is 0.322. The van der Waals surface area contributed by atoms with Gasteiger partial charge in [0.25, 0.3) is 11.5 Å². The Kier molecular flexibility index (Phi) is 6.24. The fourth-order valence-corrected chi connectivity index (χ4v) is 4.50. The molecule has 0 bridgehead atoms. The summed E-state index contributed by atoms with van der Waals surface area (Å²) in [4.78, 5) is 31.0. The van der Waals surface area contributed by atoms with Crippen molar-refractivity contribution in [1.29, 1.82) is 0 Å². The summed E-state index contributed by atoms with van der Waals surface area (Å²) >= 11 is 4.84. The first-order valence-electron chi connectivity index (χ1n) is 9.25. The third kappa shape index (κ3) is 4.73. The number of methoxy groups -OCH3 is 1. The summed E-state index contributed by atoms with van der Waals surface area (Å²) in [5.74, 6) is 0.276. The van der Waals surface area contributed by atoms with Crippen molar-refractivity contribution < 1.29 is 9.53 Å². The molecule has 31 heavy (non-hydrogen) atoms. The Hall–Kier alpha value is -3.30. The second kappa shape index (κ2) is 9.23. The van der Waals surface area contributed by atoms with Crippen molar-refractivity contribution in [2.45, 2.75) is 6.54 Å². The van der Waals surface area contributed by atoms with E-state index in [0.717, 1.165) is 20.5 Å². The summed E-state index contributed by atoms with van der Waals surface area (Å²) < 4.78 is 7.23. The van der Waals surface area contributed by atoms with Crippen LogP contribution in [0.4, 0.5) is 0 Å². The van der Waals surface area contributed by atoms with Crippen LogP contribution in [-0.2, 0) is 11.3 Å². The molecule has 0 aliphatic carbocycles. The highest BCUT2D eigenvalue weighted by molar-refractivity contribution is 9.10. The number of hydrazone groups is 1. The van der Waals surface area contributed by atoms with Gasteiger partial charge in [-0.25, -0.2) is 10.4 Å². The summed E-state index contributed by atoms with van der Waals surface area (Å²) in [5, 5.41) is 4.44. The Morgan fingerprint density at radius 3 is 2.81 bits per heavy atom. The molecule has 2 heterocycles. The number of nitrogens with zero attached hydrogens (tertiary/aromatic N) is 3. The van der Waals surface area contributed by atoms with Crippen LogP contribution in [0.15, 0.2) is 75.3 Å². The third-order valence-corrected chi connectivity index (χ3v) is 6.18. The summed E-state index contributed by atoms with van der Waals surface area (Å²) in [7, 11) is 1.58. The van der Waals surface area contributed by atoms with Gasteiger partial charge in [0.2, 0.25) is 0 Å². The Bertz CT molecular complexity index is 1330. The topological polar surface area (TPSA) is 85.6 Å². The van der Waals surface area contributed by atoms with E-state index in [4.69, 9.17) is 4.74 Å². The minimum Gasteiger partial charge on any atom is -0.496 e. The van der Waals surface area contributed by atoms with Crippen LogP contribution in [0, 0.1) is 0 Å². The lowest BCUT2D eigenvalue weighted by Gasteiger charge is -2.04. The van der Waals surface area contributed by atoms with E-state index >= 15 is 0 Å². The Morgan fingerprint density at radius 1 is 1.26 bits per heavy atom. The smallest absolute Gasteiger partial charge is 0.262 e. The van der Waals surface area contributed by atoms with Crippen LogP contribution in [0.2, 0.25) is 0 Å². The van der Waals surface area contributed by atoms with E-state index in [2.05, 4.69) is 31.4 Å². The molecule has 0 radical (unpaired) electrons. The summed E-state index contributed by atoms with van der Waals surface area (Å²) in [6, 6.07) is 17.0. The first kappa shape index (κ1) is 21.0. The van der Waals surface area contributed by atoms with Crippen LogP contribution >= 0.6 is 27.3 Å². The lowest BCUT2D eigenvalue weighted by Crippen LogP contribution is -2.29. The SMILES string of the molecule is COc1ccc(/C=N\NC(=O)Cn2cnc3sc(-c4ccccc4)cc3c2=O)cc1Br. The van der Waals surface area contributed by atoms with Crippen molar-refractivity contribution in [3.05, 3.63) is 81.3 Å². The molecular formula is C22H17BrN4O3S. The summed E-state index contributed by atoms with van der Waals surface area (Å²) in [6.45, 7) is -0.179. The van der Waals surface area contributed by atoms with Crippen LogP contribution in [0.5, 0.6) is 5.75 Å². The third-order valence-electron chi connectivity index (χ3n) is 4.47. The predicted molar refractivity (Wildman–Crippen MR) is 126 cm³/mol. The van der Waals surface area contributed by atoms with Crippen LogP contribution in [0.3, 0.4) is 0 Å². The number of hydrogen-bond donors (Lipinski definition) is 1. The first-order chi connectivity index (χ1) is 15.0. The lowest BCUT2D eigenvalue weighted by molar-refractivity contribution is -0.121. The number of rotatable bonds is 6. The molecule has 2 aromatic carbocycles. The predicted octanol–water partition coefficient (Wildman–Crippen LogP) is 4.05. The summed E-state index contributed by atoms with van der Waals surface area (Å²) in [5.41, 5.74) is 3.97. The number of thiophene rings is 1. The van der Waals surface area contributed by atoms with Gasteiger partial charge in [0.05, 0.1) is 29.5 Å². The van der Waals surface area contributed by atoms with E-state index in [1.165, 1.54) is 28.4 Å². The van der Waals surface area contributed by atoms with Gasteiger partial charge < -0.3 is 4.74 Å². The molecular weight excluding hydrogens is 480 g/mol. The number of nitrogens with one attached hydrogen (secondary N) is 1. The fraction of sp³-hybridized carbons (Fsp3) is 0.0909. The number of carbonyl (C=O) groups is 1. The summed E-state index contributed by atoms with van der Waals surface area (Å²) in [6.07, 6.45) is 2.90. The number of fused-ring (bicyclic) bond motifs is 1. The van der Waals surface area contributed by atoms with Gasteiger partial charge in [0.1, 0.15) is 17.1 Å². The van der Waals surface area contributed by atoms with Crippen molar-refractivity contribution in [3.8, 4) is 16.2 Å². The van der Waals surface area contributed by atoms with Crippen molar-refractivity contribution >= 4 is 49.6 Å². The number of benzene rings is 2. The Balaban J connectivity index is 1.46. The molecule has 0 spiro atoms. The molecule has 4 aromatic rings. The molecule has 9 heteroatoms. The molecule has 1 N–H and O–H groups in total. The van der Waals surface area contributed by atoms with Crippen LogP contribution in [-0.4, -0.2) is 28.8 Å².